The standard InChI is InChI=1S/C76H90Br2O4/c1-69(2,3)43-73(13,14)47-21-29-51(30-22-47)79-59-39-37-55-57(77)42-62(82-54-35-27-50(28-36-54)76(19,20)46-72(10,11)12)68-63(55)65(59)67-61(81-53-33-25-49(26-34-53)75(17,18)45-71(7,8)9)41-58(78)56-38-40-60(66(68)64(56)67)80-52-31-23-48(24-32-52)74(15,16)44-70(4,5)6/h21-42H,43-46H2,1-20H3. The van der Waals surface area contributed by atoms with E-state index < -0.39 is 0 Å². The molecular formula is C76H90Br2O4. The molecule has 0 saturated heterocycles. The Morgan fingerprint density at radius 3 is 0.683 bits per heavy atom. The lowest BCUT2D eigenvalue weighted by atomic mass is 9.72. The van der Waals surface area contributed by atoms with Gasteiger partial charge in [-0.15, -0.1) is 0 Å². The summed E-state index contributed by atoms with van der Waals surface area (Å²) in [7, 11) is 0. The van der Waals surface area contributed by atoms with Crippen molar-refractivity contribution in [1.29, 1.82) is 0 Å². The molecule has 0 radical (unpaired) electrons. The topological polar surface area (TPSA) is 36.9 Å². The van der Waals surface area contributed by atoms with Crippen molar-refractivity contribution in [3.8, 4) is 46.0 Å². The SMILES string of the molecule is CC(C)(C)CC(C)(C)c1ccc(Oc2ccc3c(Br)cc(Oc4ccc(C(C)(C)CC(C)(C)C)cc4)c4c5c(Oc6ccc(C(C)(C)CC(C)(C)C)cc6)ccc6c(Br)cc(Oc7ccc(C(C)(C)CC(C)(C)C)cc7)c(c2c34)c65)cc1. The third-order valence-corrected chi connectivity index (χ3v) is 17.5. The van der Waals surface area contributed by atoms with Crippen molar-refractivity contribution in [2.75, 3.05) is 0 Å². The molecule has 0 saturated carbocycles. The molecule has 4 nitrogen and oxygen atoms in total. The van der Waals surface area contributed by atoms with Crippen LogP contribution >= 0.6 is 31.9 Å². The molecule has 0 spiro atoms. The minimum Gasteiger partial charge on any atom is -0.457 e. The van der Waals surface area contributed by atoms with Crippen LogP contribution in [0.1, 0.15) is 186 Å². The second-order valence-corrected chi connectivity index (χ2v) is 32.9. The van der Waals surface area contributed by atoms with Crippen molar-refractivity contribution in [1.82, 2.24) is 0 Å². The van der Waals surface area contributed by atoms with Gasteiger partial charge in [0.15, 0.2) is 0 Å². The Labute approximate surface area is 508 Å². The molecule has 0 aromatic heterocycles. The van der Waals surface area contributed by atoms with E-state index in [-0.39, 0.29) is 43.3 Å². The zero-order valence-corrected chi connectivity index (χ0v) is 56.1. The highest BCUT2D eigenvalue weighted by molar-refractivity contribution is 9.11. The van der Waals surface area contributed by atoms with Gasteiger partial charge in [0.25, 0.3) is 0 Å². The molecule has 0 heterocycles. The van der Waals surface area contributed by atoms with E-state index in [0.717, 1.165) is 101 Å². The van der Waals surface area contributed by atoms with Gasteiger partial charge in [-0.2, -0.15) is 0 Å². The average Bonchev–Trinajstić information content (AvgIpc) is 0.844. The Kier molecular flexibility index (Phi) is 16.2. The predicted octanol–water partition coefficient (Wildman–Crippen LogP) is 25.3. The van der Waals surface area contributed by atoms with E-state index in [0.29, 0.717) is 23.0 Å². The first-order valence-corrected chi connectivity index (χ1v) is 31.2. The highest BCUT2D eigenvalue weighted by Gasteiger charge is 2.33. The van der Waals surface area contributed by atoms with Crippen molar-refractivity contribution in [3.63, 3.8) is 0 Å². The lowest BCUT2D eigenvalue weighted by Crippen LogP contribution is -2.24. The first-order chi connectivity index (χ1) is 37.9. The van der Waals surface area contributed by atoms with Gasteiger partial charge in [0, 0.05) is 41.3 Å². The van der Waals surface area contributed by atoms with Gasteiger partial charge < -0.3 is 18.9 Å². The molecular weight excluding hydrogens is 1140 g/mol. The maximum Gasteiger partial charge on any atom is 0.137 e. The Bertz CT molecular complexity index is 3490. The zero-order valence-electron chi connectivity index (χ0n) is 52.9. The molecule has 9 aromatic rings. The van der Waals surface area contributed by atoms with E-state index in [9.17, 15) is 0 Å². The predicted molar refractivity (Wildman–Crippen MR) is 358 cm³/mol. The van der Waals surface area contributed by atoms with Crippen LogP contribution in [0, 0.1) is 21.7 Å². The summed E-state index contributed by atoms with van der Waals surface area (Å²) in [6.45, 7) is 46.4. The highest BCUT2D eigenvalue weighted by atomic mass is 79.9. The molecule has 82 heavy (non-hydrogen) atoms. The molecule has 0 aliphatic rings. The summed E-state index contributed by atoms with van der Waals surface area (Å²) in [5.41, 5.74) is 5.64. The van der Waals surface area contributed by atoms with E-state index in [4.69, 9.17) is 18.9 Å². The van der Waals surface area contributed by atoms with Crippen molar-refractivity contribution in [3.05, 3.63) is 165 Å². The smallest absolute Gasteiger partial charge is 0.137 e. The molecule has 0 atom stereocenters. The van der Waals surface area contributed by atoms with E-state index in [1.54, 1.807) is 0 Å². The molecule has 9 aromatic carbocycles. The van der Waals surface area contributed by atoms with Crippen LogP contribution < -0.4 is 18.9 Å². The van der Waals surface area contributed by atoms with E-state index in [2.05, 4.69) is 304 Å². The van der Waals surface area contributed by atoms with Crippen molar-refractivity contribution in [2.45, 2.75) is 186 Å². The monoisotopic (exact) mass is 1220 g/mol. The number of hydrogen-bond donors (Lipinski definition) is 0. The van der Waals surface area contributed by atoms with Gasteiger partial charge in [-0.25, -0.2) is 0 Å². The Hall–Kier alpha value is -5.56. The fourth-order valence-corrected chi connectivity index (χ4v) is 15.4. The minimum atomic E-state index is -0.0345. The minimum absolute atomic E-state index is 0.0313. The van der Waals surface area contributed by atoms with Gasteiger partial charge in [-0.3, -0.25) is 0 Å². The summed E-state index contributed by atoms with van der Waals surface area (Å²) >= 11 is 8.22. The Morgan fingerprint density at radius 2 is 0.463 bits per heavy atom. The van der Waals surface area contributed by atoms with Crippen LogP contribution in [0.3, 0.4) is 0 Å². The van der Waals surface area contributed by atoms with Crippen LogP contribution in [0.25, 0.3) is 43.1 Å². The van der Waals surface area contributed by atoms with Gasteiger partial charge in [-0.05, 0) is 187 Å². The molecule has 0 fully saturated rings. The maximum atomic E-state index is 7.28. The number of rotatable bonds is 16. The quantitative estimate of drug-likeness (QED) is 0.0714. The summed E-state index contributed by atoms with van der Waals surface area (Å²) in [5.74, 6) is 5.73. The first kappa shape index (κ1) is 61.0. The number of ether oxygens (including phenoxy) is 4. The maximum absolute atomic E-state index is 7.28. The second kappa shape index (κ2) is 21.8. The third kappa shape index (κ3) is 13.5. The summed E-state index contributed by atoms with van der Waals surface area (Å²) in [5, 5.41) is 7.54. The van der Waals surface area contributed by atoms with Crippen LogP contribution in [-0.4, -0.2) is 0 Å². The van der Waals surface area contributed by atoms with Crippen LogP contribution in [0.2, 0.25) is 0 Å². The average molecular weight is 1230 g/mol. The lowest BCUT2D eigenvalue weighted by Gasteiger charge is -2.33. The molecule has 0 bridgehead atoms. The molecule has 432 valence electrons. The second-order valence-electron chi connectivity index (χ2n) is 31.2. The van der Waals surface area contributed by atoms with E-state index in [1.807, 2.05) is 0 Å². The van der Waals surface area contributed by atoms with Crippen LogP contribution in [-0.2, 0) is 21.7 Å². The molecule has 0 aliphatic heterocycles. The van der Waals surface area contributed by atoms with Crippen molar-refractivity contribution >= 4 is 74.9 Å². The van der Waals surface area contributed by atoms with Gasteiger partial charge >= 0.3 is 0 Å². The molecule has 6 heteroatoms. The van der Waals surface area contributed by atoms with Gasteiger partial charge in [0.05, 0.1) is 0 Å². The third-order valence-electron chi connectivity index (χ3n) is 16.2. The zero-order chi connectivity index (χ0) is 59.9. The fraction of sp³-hybridized carbons (Fsp3) is 0.421. The number of benzene rings is 9. The molecule has 0 unspecified atom stereocenters. The number of fused-ring (bicyclic) bond motifs is 2. The van der Waals surface area contributed by atoms with Crippen LogP contribution in [0.5, 0.6) is 46.0 Å². The Morgan fingerprint density at radius 1 is 0.256 bits per heavy atom. The fourth-order valence-electron chi connectivity index (χ4n) is 14.3. The van der Waals surface area contributed by atoms with Gasteiger partial charge in [-0.1, -0.05) is 219 Å². The lowest BCUT2D eigenvalue weighted by molar-refractivity contribution is 0.283. The molecule has 0 aliphatic carbocycles. The van der Waals surface area contributed by atoms with Crippen LogP contribution in [0.15, 0.2) is 142 Å². The van der Waals surface area contributed by atoms with E-state index >= 15 is 0 Å². The summed E-state index contributed by atoms with van der Waals surface area (Å²) < 4.78 is 30.9. The molecule has 0 N–H and O–H groups in total. The van der Waals surface area contributed by atoms with Gasteiger partial charge in [0.2, 0.25) is 0 Å². The Balaban J connectivity index is 1.32. The number of halogens is 2. The van der Waals surface area contributed by atoms with Crippen LogP contribution in [0.4, 0.5) is 0 Å². The normalized spacial score (nSPS) is 13.4. The highest BCUT2D eigenvalue weighted by Crippen LogP contribution is 2.57. The first-order valence-electron chi connectivity index (χ1n) is 29.6. The summed E-state index contributed by atoms with van der Waals surface area (Å²) in [6.07, 6.45) is 4.17. The number of hydrogen-bond acceptors (Lipinski definition) is 4. The molecule has 0 amide bonds. The van der Waals surface area contributed by atoms with Crippen molar-refractivity contribution < 1.29 is 18.9 Å². The molecule has 9 rings (SSSR count). The summed E-state index contributed by atoms with van der Waals surface area (Å²) in [4.78, 5) is 0. The summed E-state index contributed by atoms with van der Waals surface area (Å²) in [6, 6.07) is 47.6. The van der Waals surface area contributed by atoms with E-state index in [1.165, 1.54) is 22.3 Å². The van der Waals surface area contributed by atoms with Gasteiger partial charge in [0.1, 0.15) is 46.0 Å². The van der Waals surface area contributed by atoms with Crippen molar-refractivity contribution in [2.24, 2.45) is 21.7 Å². The largest absolute Gasteiger partial charge is 0.457 e.